The predicted octanol–water partition coefficient (Wildman–Crippen LogP) is 22.5. The van der Waals surface area contributed by atoms with Gasteiger partial charge < -0.3 is 0 Å². The molecule has 0 radical (unpaired) electrons. The fraction of sp³-hybridized carbons (Fsp3) is 0.810. The van der Waals surface area contributed by atoms with Crippen molar-refractivity contribution >= 4 is 37.0 Å². The second-order valence-corrected chi connectivity index (χ2v) is 43.7. The van der Waals surface area contributed by atoms with E-state index < -0.39 is 0 Å². The van der Waals surface area contributed by atoms with Crippen LogP contribution in [0.2, 0.25) is 0 Å². The summed E-state index contributed by atoms with van der Waals surface area (Å²) >= 11 is 0. The Bertz CT molecular complexity index is 1470. The Kier molecular flexibility index (Phi) is 30.8. The third kappa shape index (κ3) is 27.1. The van der Waals surface area contributed by atoms with Crippen molar-refractivity contribution in [2.75, 3.05) is 12.3 Å². The van der Waals surface area contributed by atoms with Gasteiger partial charge in [-0.1, -0.05) is 320 Å². The first-order chi connectivity index (χ1) is 30.0. The molecule has 2 unspecified atom stereocenters. The Morgan fingerprint density at radius 2 is 0.761 bits per heavy atom. The topological polar surface area (TPSA) is 0 Å². The fourth-order valence-electron chi connectivity index (χ4n) is 11.4. The lowest BCUT2D eigenvalue weighted by Gasteiger charge is -2.50. The van der Waals surface area contributed by atoms with E-state index in [0.29, 0.717) is 41.2 Å². The highest BCUT2D eigenvalue weighted by atomic mass is 31.1. The molecule has 2 aromatic carbocycles. The minimum absolute atomic E-state index is 0.0466. The van der Waals surface area contributed by atoms with Crippen molar-refractivity contribution in [3.8, 4) is 0 Å². The van der Waals surface area contributed by atoms with Gasteiger partial charge in [-0.2, -0.15) is 0 Å². The maximum Gasteiger partial charge on any atom is -0.0134 e. The highest BCUT2D eigenvalue weighted by Crippen LogP contribution is 2.67. The van der Waals surface area contributed by atoms with Gasteiger partial charge in [0.1, 0.15) is 0 Å². The quantitative estimate of drug-likeness (QED) is 0.220. The molecule has 0 spiro atoms. The van der Waals surface area contributed by atoms with E-state index >= 15 is 0 Å². The molecule has 0 aromatic heterocycles. The molecule has 1 fully saturated rings. The molecule has 0 heterocycles. The van der Waals surface area contributed by atoms with Crippen LogP contribution in [0, 0.1) is 12.8 Å². The van der Waals surface area contributed by atoms with Crippen LogP contribution in [-0.2, 0) is 12.8 Å². The van der Waals surface area contributed by atoms with E-state index in [2.05, 4.69) is 256 Å². The van der Waals surface area contributed by atoms with Crippen LogP contribution in [0.1, 0.15) is 262 Å². The minimum atomic E-state index is -0.159. The average molecular weight is 1000 g/mol. The maximum absolute atomic E-state index is 2.50. The normalized spacial score (nSPS) is 16.6. The summed E-state index contributed by atoms with van der Waals surface area (Å²) in [5.41, 5.74) is 5.43. The van der Waals surface area contributed by atoms with Crippen LogP contribution in [0.5, 0.6) is 0 Å². The molecular weight excluding hydrogens is 881 g/mol. The second-order valence-electron chi connectivity index (χ2n) is 27.8. The molecule has 0 aliphatic heterocycles. The highest BCUT2D eigenvalue weighted by Gasteiger charge is 2.43. The van der Waals surface area contributed by atoms with Crippen molar-refractivity contribution in [3.05, 3.63) is 65.2 Å². The summed E-state index contributed by atoms with van der Waals surface area (Å²) in [5, 5.41) is 5.15. The van der Waals surface area contributed by atoms with Crippen molar-refractivity contribution in [1.82, 2.24) is 0 Å². The molecule has 1 saturated carbocycles. The van der Waals surface area contributed by atoms with Gasteiger partial charge in [0.2, 0.25) is 0 Å². The molecule has 0 saturated heterocycles. The SMILES string of the molecule is CC(C)(C)P(CCP(C(C)(C)C)C(C)(C)C)C(C)(C)C.CC1CCCCC1P(C(C)(C)C)C(C)(C)C.CCCCC.CCc1ccccc1CC.Cc1ccccc1P(C(C)(C)C)C(C)(C)C. The third-order valence-corrected chi connectivity index (χ3v) is 29.1. The lowest BCUT2D eigenvalue weighted by atomic mass is 9.90. The molecule has 2 aromatic rings. The number of rotatable bonds is 9. The van der Waals surface area contributed by atoms with Crippen LogP contribution in [-0.4, -0.2) is 59.2 Å². The van der Waals surface area contributed by atoms with Gasteiger partial charge in [-0.25, -0.2) is 0 Å². The van der Waals surface area contributed by atoms with Gasteiger partial charge in [0.25, 0.3) is 0 Å². The third-order valence-electron chi connectivity index (χ3n) is 12.9. The van der Waals surface area contributed by atoms with Gasteiger partial charge in [-0.15, -0.1) is 0 Å². The highest BCUT2D eigenvalue weighted by molar-refractivity contribution is 7.68. The number of benzene rings is 2. The minimum Gasteiger partial charge on any atom is -0.0953 e. The largest absolute Gasteiger partial charge is 0.0953 e. The standard InChI is InChI=1S/C18H40P2.C15H31P.C15H25P.C10H14.C5H12/c1-15(2,3)19(16(4,5)6)13-14-20(17(7,8)9)18(10,11)12;2*1-12-10-8-9-11-13(12)16(14(2,3)4)15(5,6)7;1-3-9-7-5-6-8-10(9)4-2;1-3-5-4-2/h13-14H2,1-12H3;12-13H,8-11H2,1-7H3;8-11H,1-7H3;5-8H,3-4H2,1-2H3;3-5H2,1-2H3. The van der Waals surface area contributed by atoms with Crippen LogP contribution in [0.3, 0.4) is 0 Å². The van der Waals surface area contributed by atoms with Crippen LogP contribution in [0.4, 0.5) is 0 Å². The van der Waals surface area contributed by atoms with Gasteiger partial charge in [-0.3, -0.25) is 0 Å². The van der Waals surface area contributed by atoms with Gasteiger partial charge in [0, 0.05) is 0 Å². The monoisotopic (exact) mass is 1000 g/mol. The summed E-state index contributed by atoms with van der Waals surface area (Å²) in [4.78, 5) is 0. The molecule has 0 nitrogen and oxygen atoms in total. The Hall–Kier alpha value is 0.160. The predicted molar refractivity (Wildman–Crippen MR) is 328 cm³/mol. The number of hydrogen-bond acceptors (Lipinski definition) is 0. The van der Waals surface area contributed by atoms with E-state index in [0.717, 1.165) is 24.4 Å². The van der Waals surface area contributed by atoms with Gasteiger partial charge in [-0.05, 0) is 113 Å². The smallest absolute Gasteiger partial charge is 0.0134 e. The summed E-state index contributed by atoms with van der Waals surface area (Å²) < 4.78 is 0. The second kappa shape index (κ2) is 29.8. The lowest BCUT2D eigenvalue weighted by molar-refractivity contribution is 0.385. The molecule has 0 bridgehead atoms. The zero-order valence-electron chi connectivity index (χ0n) is 51.3. The van der Waals surface area contributed by atoms with Gasteiger partial charge in [0.15, 0.2) is 0 Å². The number of unbranched alkanes of at least 4 members (excludes halogenated alkanes) is 2. The first kappa shape index (κ1) is 69.2. The summed E-state index contributed by atoms with van der Waals surface area (Å²) in [7, 11) is 0.0343. The summed E-state index contributed by atoms with van der Waals surface area (Å²) in [5.74, 6) is 0.957. The molecule has 1 aliphatic carbocycles. The molecule has 67 heavy (non-hydrogen) atoms. The summed E-state index contributed by atoms with van der Waals surface area (Å²) in [6.45, 7) is 71.9. The van der Waals surface area contributed by atoms with E-state index in [4.69, 9.17) is 0 Å². The average Bonchev–Trinajstić information content (AvgIpc) is 3.12. The van der Waals surface area contributed by atoms with Gasteiger partial charge >= 0.3 is 0 Å². The number of aryl methyl sites for hydroxylation is 3. The molecule has 4 heteroatoms. The zero-order chi connectivity index (χ0) is 53.2. The van der Waals surface area contributed by atoms with E-state index in [1.165, 1.54) is 74.0 Å². The molecule has 2 atom stereocenters. The first-order valence-corrected chi connectivity index (χ1v) is 33.1. The Morgan fingerprint density at radius 1 is 0.433 bits per heavy atom. The van der Waals surface area contributed by atoms with Crippen molar-refractivity contribution in [2.24, 2.45) is 5.92 Å². The summed E-state index contributed by atoms with van der Waals surface area (Å²) in [6.07, 6.45) is 15.2. The van der Waals surface area contributed by atoms with Crippen LogP contribution in [0.15, 0.2) is 48.5 Å². The molecular formula is C63H122P4. The molecule has 0 N–H and O–H groups in total. The number of hydrogen-bond donors (Lipinski definition) is 0. The Morgan fingerprint density at radius 3 is 1.01 bits per heavy atom. The maximum atomic E-state index is 2.50. The first-order valence-electron chi connectivity index (χ1n) is 27.3. The molecule has 1 aliphatic rings. The van der Waals surface area contributed by atoms with Crippen LogP contribution >= 0.6 is 31.7 Å². The molecule has 0 amide bonds. The van der Waals surface area contributed by atoms with E-state index in [1.54, 1.807) is 5.30 Å². The van der Waals surface area contributed by atoms with E-state index in [-0.39, 0.29) is 31.7 Å². The molecule has 394 valence electrons. The van der Waals surface area contributed by atoms with Crippen LogP contribution in [0.25, 0.3) is 0 Å². The van der Waals surface area contributed by atoms with Crippen molar-refractivity contribution in [1.29, 1.82) is 0 Å². The van der Waals surface area contributed by atoms with E-state index in [1.807, 2.05) is 0 Å². The zero-order valence-corrected chi connectivity index (χ0v) is 54.9. The lowest BCUT2D eigenvalue weighted by Crippen LogP contribution is -2.35. The Labute approximate surface area is 430 Å². The van der Waals surface area contributed by atoms with Crippen molar-refractivity contribution in [3.63, 3.8) is 0 Å². The fourth-order valence-corrected chi connectivity index (χ4v) is 28.9. The van der Waals surface area contributed by atoms with Crippen molar-refractivity contribution < 1.29 is 0 Å². The Balaban J connectivity index is 0. The van der Waals surface area contributed by atoms with Crippen molar-refractivity contribution in [2.45, 2.75) is 312 Å². The summed E-state index contributed by atoms with van der Waals surface area (Å²) in [6, 6.07) is 17.5. The van der Waals surface area contributed by atoms with Crippen LogP contribution < -0.4 is 5.30 Å². The van der Waals surface area contributed by atoms with Gasteiger partial charge in [0.05, 0.1) is 0 Å². The van der Waals surface area contributed by atoms with E-state index in [9.17, 15) is 0 Å². The molecule has 3 rings (SSSR count).